The van der Waals surface area contributed by atoms with Crippen molar-refractivity contribution in [2.75, 3.05) is 13.2 Å². The second-order valence-corrected chi connectivity index (χ2v) is 8.29. The van der Waals surface area contributed by atoms with Crippen LogP contribution in [0.1, 0.15) is 19.8 Å². The zero-order valence-electron chi connectivity index (χ0n) is 15.1. The monoisotopic (exact) mass is 380 g/mol. The van der Waals surface area contributed by atoms with Crippen molar-refractivity contribution in [3.05, 3.63) is 24.3 Å². The largest absolute Gasteiger partial charge is 0.459 e. The highest BCUT2D eigenvalue weighted by Gasteiger charge is 2.71. The Balaban J connectivity index is 1.69. The van der Waals surface area contributed by atoms with E-state index in [1.165, 1.54) is 0 Å². The summed E-state index contributed by atoms with van der Waals surface area (Å²) in [6.45, 7) is 8.67. The third kappa shape index (κ3) is 2.58. The van der Waals surface area contributed by atoms with E-state index in [9.17, 15) is 24.9 Å². The van der Waals surface area contributed by atoms with Gasteiger partial charge in [0, 0.05) is 17.9 Å². The second kappa shape index (κ2) is 5.88. The summed E-state index contributed by atoms with van der Waals surface area (Å²) in [5, 5.41) is 29.7. The summed E-state index contributed by atoms with van der Waals surface area (Å²) in [5.74, 6) is -2.62. The van der Waals surface area contributed by atoms with E-state index in [0.29, 0.717) is 13.0 Å². The summed E-state index contributed by atoms with van der Waals surface area (Å²) in [5.41, 5.74) is -1.87. The number of hydrogen-bond acceptors (Lipinski definition) is 8. The van der Waals surface area contributed by atoms with E-state index in [0.717, 1.165) is 12.5 Å². The molecule has 4 fully saturated rings. The molecule has 2 aliphatic heterocycles. The third-order valence-electron chi connectivity index (χ3n) is 6.53. The number of carbonyl (C=O) groups is 2. The number of fused-ring (bicyclic) bond motifs is 4. The van der Waals surface area contributed by atoms with Crippen molar-refractivity contribution < 1.29 is 39.1 Å². The lowest BCUT2D eigenvalue weighted by Crippen LogP contribution is -2.46. The number of ether oxygens (including phenoxy) is 3. The first kappa shape index (κ1) is 18.6. The SMILES string of the molecule is C=C1CC(OC(=O)C(C)(O)CO)C2C(=C)C(=O)OC2C2C1CC(O)C21CO1. The molecule has 0 amide bonds. The van der Waals surface area contributed by atoms with E-state index < -0.39 is 54.0 Å². The second-order valence-electron chi connectivity index (χ2n) is 8.29. The van der Waals surface area contributed by atoms with Gasteiger partial charge >= 0.3 is 11.9 Å². The van der Waals surface area contributed by atoms with Crippen LogP contribution < -0.4 is 0 Å². The van der Waals surface area contributed by atoms with Gasteiger partial charge in [-0.15, -0.1) is 0 Å². The van der Waals surface area contributed by atoms with E-state index in [1.54, 1.807) is 0 Å². The van der Waals surface area contributed by atoms with Crippen molar-refractivity contribution in [3.63, 3.8) is 0 Å². The maximum atomic E-state index is 12.3. The van der Waals surface area contributed by atoms with Gasteiger partial charge in [-0.25, -0.2) is 9.59 Å². The Morgan fingerprint density at radius 2 is 2.11 bits per heavy atom. The highest BCUT2D eigenvalue weighted by Crippen LogP contribution is 2.60. The Morgan fingerprint density at radius 1 is 1.44 bits per heavy atom. The van der Waals surface area contributed by atoms with Crippen LogP contribution >= 0.6 is 0 Å². The van der Waals surface area contributed by atoms with Crippen LogP contribution in [0.25, 0.3) is 0 Å². The summed E-state index contributed by atoms with van der Waals surface area (Å²) < 4.78 is 16.7. The third-order valence-corrected chi connectivity index (χ3v) is 6.53. The fraction of sp³-hybridized carbons (Fsp3) is 0.684. The number of esters is 2. The molecule has 0 aromatic heterocycles. The minimum absolute atomic E-state index is 0.143. The molecule has 8 nitrogen and oxygen atoms in total. The Bertz CT molecular complexity index is 721. The molecule has 8 heteroatoms. The molecule has 148 valence electrons. The van der Waals surface area contributed by atoms with Gasteiger partial charge in [-0.3, -0.25) is 0 Å². The maximum Gasteiger partial charge on any atom is 0.340 e. The van der Waals surface area contributed by atoms with Crippen molar-refractivity contribution in [1.82, 2.24) is 0 Å². The quantitative estimate of drug-likeness (QED) is 0.258. The smallest absolute Gasteiger partial charge is 0.340 e. The lowest BCUT2D eigenvalue weighted by molar-refractivity contribution is -0.176. The Labute approximate surface area is 156 Å². The molecule has 0 bridgehead atoms. The fourth-order valence-corrected chi connectivity index (χ4v) is 4.87. The molecule has 2 heterocycles. The standard InChI is InChI=1S/C19H24O8/c1-8-4-11(26-17(23)18(3,24)6-20)13-9(2)16(22)27-15(13)14-10(8)5-12(21)19(14)7-25-19/h10-15,20-21,24H,1-2,4-7H2,3H3. The topological polar surface area (TPSA) is 126 Å². The first-order chi connectivity index (χ1) is 12.6. The maximum absolute atomic E-state index is 12.3. The molecule has 0 radical (unpaired) electrons. The lowest BCUT2D eigenvalue weighted by atomic mass is 9.78. The Hall–Kier alpha value is -1.74. The molecular weight excluding hydrogens is 356 g/mol. The van der Waals surface area contributed by atoms with Gasteiger partial charge in [-0.05, 0) is 19.3 Å². The predicted molar refractivity (Wildman–Crippen MR) is 90.1 cm³/mol. The Morgan fingerprint density at radius 3 is 2.70 bits per heavy atom. The minimum atomic E-state index is -2.05. The van der Waals surface area contributed by atoms with Crippen LogP contribution in [0.15, 0.2) is 24.3 Å². The van der Waals surface area contributed by atoms with Gasteiger partial charge in [0.1, 0.15) is 17.8 Å². The zero-order valence-corrected chi connectivity index (χ0v) is 15.1. The summed E-state index contributed by atoms with van der Waals surface area (Å²) >= 11 is 0. The van der Waals surface area contributed by atoms with Crippen molar-refractivity contribution in [1.29, 1.82) is 0 Å². The van der Waals surface area contributed by atoms with Crippen molar-refractivity contribution in [2.24, 2.45) is 17.8 Å². The molecule has 0 aromatic carbocycles. The number of aliphatic hydroxyl groups is 3. The molecule has 8 atom stereocenters. The van der Waals surface area contributed by atoms with Crippen LogP contribution in [0.5, 0.6) is 0 Å². The Kier molecular flexibility index (Phi) is 4.05. The molecular formula is C19H24O8. The molecule has 2 saturated heterocycles. The number of rotatable bonds is 3. The average Bonchev–Trinajstić information content (AvgIpc) is 3.29. The van der Waals surface area contributed by atoms with Crippen LogP contribution in [0.3, 0.4) is 0 Å². The van der Waals surface area contributed by atoms with Gasteiger partial charge in [-0.2, -0.15) is 0 Å². The molecule has 4 aliphatic rings. The van der Waals surface area contributed by atoms with Gasteiger partial charge in [0.15, 0.2) is 5.60 Å². The number of epoxide rings is 1. The molecule has 4 rings (SSSR count). The number of carbonyl (C=O) groups excluding carboxylic acids is 2. The summed E-state index contributed by atoms with van der Waals surface area (Å²) in [6, 6.07) is 0. The van der Waals surface area contributed by atoms with E-state index in [1.807, 2.05) is 0 Å². The van der Waals surface area contributed by atoms with Crippen LogP contribution in [0.2, 0.25) is 0 Å². The highest BCUT2D eigenvalue weighted by atomic mass is 16.6. The zero-order chi connectivity index (χ0) is 19.7. The molecule has 0 aromatic rings. The summed E-state index contributed by atoms with van der Waals surface area (Å²) in [4.78, 5) is 24.6. The molecule has 8 unspecified atom stereocenters. The molecule has 2 saturated carbocycles. The van der Waals surface area contributed by atoms with Crippen LogP contribution in [-0.2, 0) is 23.8 Å². The number of hydrogen-bond donors (Lipinski definition) is 3. The van der Waals surface area contributed by atoms with Crippen LogP contribution in [-0.4, -0.2) is 70.0 Å². The van der Waals surface area contributed by atoms with E-state index >= 15 is 0 Å². The van der Waals surface area contributed by atoms with Gasteiger partial charge in [-0.1, -0.05) is 18.7 Å². The number of aliphatic hydroxyl groups excluding tert-OH is 2. The van der Waals surface area contributed by atoms with Crippen LogP contribution in [0.4, 0.5) is 0 Å². The molecule has 3 N–H and O–H groups in total. The van der Waals surface area contributed by atoms with Gasteiger partial charge in [0.05, 0.1) is 25.2 Å². The first-order valence-electron chi connectivity index (χ1n) is 9.06. The summed E-state index contributed by atoms with van der Waals surface area (Å²) in [6.07, 6.45) is -1.47. The van der Waals surface area contributed by atoms with Crippen molar-refractivity contribution >= 4 is 11.9 Å². The van der Waals surface area contributed by atoms with E-state index in [4.69, 9.17) is 14.2 Å². The molecule has 1 spiro atoms. The average molecular weight is 380 g/mol. The van der Waals surface area contributed by atoms with Crippen LogP contribution in [0, 0.1) is 17.8 Å². The lowest BCUT2D eigenvalue weighted by Gasteiger charge is -2.31. The minimum Gasteiger partial charge on any atom is -0.459 e. The van der Waals surface area contributed by atoms with Gasteiger partial charge < -0.3 is 29.5 Å². The highest BCUT2D eigenvalue weighted by molar-refractivity contribution is 5.91. The van der Waals surface area contributed by atoms with E-state index in [2.05, 4.69) is 13.2 Å². The fourth-order valence-electron chi connectivity index (χ4n) is 4.87. The van der Waals surface area contributed by atoms with E-state index in [-0.39, 0.29) is 23.8 Å². The van der Waals surface area contributed by atoms with Crippen molar-refractivity contribution in [3.8, 4) is 0 Å². The predicted octanol–water partition coefficient (Wildman–Crippen LogP) is -0.535. The van der Waals surface area contributed by atoms with Gasteiger partial charge in [0.25, 0.3) is 0 Å². The first-order valence-corrected chi connectivity index (χ1v) is 9.06. The summed E-state index contributed by atoms with van der Waals surface area (Å²) in [7, 11) is 0. The normalized spacial score (nSPS) is 45.0. The van der Waals surface area contributed by atoms with Crippen molar-refractivity contribution in [2.45, 2.75) is 49.3 Å². The van der Waals surface area contributed by atoms with Gasteiger partial charge in [0.2, 0.25) is 0 Å². The molecule has 27 heavy (non-hydrogen) atoms. The molecule has 2 aliphatic carbocycles.